The van der Waals surface area contributed by atoms with Gasteiger partial charge in [-0.15, -0.1) is 0 Å². The molecule has 20 heavy (non-hydrogen) atoms. The predicted molar refractivity (Wildman–Crippen MR) is 84.0 cm³/mol. The lowest BCUT2D eigenvalue weighted by molar-refractivity contribution is 0.465. The Labute approximate surface area is 125 Å². The lowest BCUT2D eigenvalue weighted by atomic mass is 10.1. The van der Waals surface area contributed by atoms with Crippen LogP contribution in [0.2, 0.25) is 5.02 Å². The van der Waals surface area contributed by atoms with Gasteiger partial charge in [0.2, 0.25) is 0 Å². The van der Waals surface area contributed by atoms with Crippen LogP contribution in [0.3, 0.4) is 0 Å². The van der Waals surface area contributed by atoms with Crippen molar-refractivity contribution in [2.45, 2.75) is 26.2 Å². The lowest BCUT2D eigenvalue weighted by Gasteiger charge is -2.22. The van der Waals surface area contributed by atoms with Gasteiger partial charge in [0.15, 0.2) is 5.96 Å². The number of halogens is 2. The summed E-state index contributed by atoms with van der Waals surface area (Å²) in [5, 5.41) is 3.70. The van der Waals surface area contributed by atoms with E-state index < -0.39 is 0 Å². The first-order chi connectivity index (χ1) is 9.60. The highest BCUT2D eigenvalue weighted by Crippen LogP contribution is 2.18. The summed E-state index contributed by atoms with van der Waals surface area (Å²) in [4.78, 5) is 6.30. The second kappa shape index (κ2) is 8.80. The molecule has 0 unspecified atom stereocenters. The maximum Gasteiger partial charge on any atom is 0.193 e. The predicted octanol–water partition coefficient (Wildman–Crippen LogP) is 3.33. The number of guanidine groups is 1. The summed E-state index contributed by atoms with van der Waals surface area (Å²) < 4.78 is 13.6. The normalized spacial score (nSPS) is 11.6. The molecule has 112 valence electrons. The third-order valence-corrected chi connectivity index (χ3v) is 3.49. The smallest absolute Gasteiger partial charge is 0.193 e. The Bertz CT molecular complexity index is 428. The molecule has 0 atom stereocenters. The zero-order chi connectivity index (χ0) is 15.0. The summed E-state index contributed by atoms with van der Waals surface area (Å²) in [5.41, 5.74) is 0.549. The lowest BCUT2D eigenvalue weighted by Crippen LogP contribution is -2.40. The van der Waals surface area contributed by atoms with E-state index in [2.05, 4.69) is 22.1 Å². The molecule has 3 nitrogen and oxygen atoms in total. The third-order valence-electron chi connectivity index (χ3n) is 3.14. The number of rotatable bonds is 6. The average Bonchev–Trinajstić information content (AvgIpc) is 2.43. The molecule has 0 aliphatic heterocycles. The summed E-state index contributed by atoms with van der Waals surface area (Å²) in [7, 11) is 3.75. The van der Waals surface area contributed by atoms with Crippen LogP contribution >= 0.6 is 11.6 Å². The number of hydrogen-bond donors (Lipinski definition) is 1. The molecule has 0 radical (unpaired) electrons. The van der Waals surface area contributed by atoms with Crippen molar-refractivity contribution >= 4 is 17.6 Å². The molecule has 5 heteroatoms. The van der Waals surface area contributed by atoms with E-state index in [0.717, 1.165) is 25.3 Å². The van der Waals surface area contributed by atoms with Crippen LogP contribution < -0.4 is 5.32 Å². The molecule has 0 heterocycles. The second-order valence-corrected chi connectivity index (χ2v) is 5.11. The molecule has 0 spiro atoms. The highest BCUT2D eigenvalue weighted by molar-refractivity contribution is 6.31. The largest absolute Gasteiger partial charge is 0.356 e. The molecule has 0 fully saturated rings. The standard InChI is InChI=1S/C15H23ClFN3/c1-4-5-11-20(3)15(18-2)19-10-9-12-13(16)7-6-8-14(12)17/h6-8H,4-5,9-11H2,1-3H3,(H,18,19). The molecule has 0 aliphatic rings. The Balaban J connectivity index is 2.50. The maximum absolute atomic E-state index is 13.6. The molecule has 0 aliphatic carbocycles. The molecule has 1 aromatic rings. The summed E-state index contributed by atoms with van der Waals surface area (Å²) in [5.74, 6) is 0.569. The van der Waals surface area contributed by atoms with E-state index in [1.54, 1.807) is 19.2 Å². The summed E-state index contributed by atoms with van der Waals surface area (Å²) >= 11 is 6.00. The summed E-state index contributed by atoms with van der Waals surface area (Å²) in [6.45, 7) is 3.71. The number of nitrogens with zero attached hydrogens (tertiary/aromatic N) is 2. The molecular formula is C15H23ClFN3. The Kier molecular flexibility index (Phi) is 7.37. The number of unbranched alkanes of at least 4 members (excludes halogenated alkanes) is 1. The van der Waals surface area contributed by atoms with Gasteiger partial charge in [0, 0.05) is 37.8 Å². The van der Waals surface area contributed by atoms with Gasteiger partial charge in [-0.05, 0) is 25.0 Å². The molecule has 0 saturated carbocycles. The number of hydrogen-bond acceptors (Lipinski definition) is 1. The number of aliphatic imine (C=N–C) groups is 1. The van der Waals surface area contributed by atoms with E-state index in [-0.39, 0.29) is 5.82 Å². The molecule has 0 bridgehead atoms. The fourth-order valence-corrected chi connectivity index (χ4v) is 2.21. The van der Waals surface area contributed by atoms with Crippen molar-refractivity contribution in [2.75, 3.05) is 27.2 Å². The van der Waals surface area contributed by atoms with E-state index >= 15 is 0 Å². The van der Waals surface area contributed by atoms with Gasteiger partial charge in [-0.3, -0.25) is 4.99 Å². The van der Waals surface area contributed by atoms with Gasteiger partial charge < -0.3 is 10.2 Å². The van der Waals surface area contributed by atoms with Crippen molar-refractivity contribution in [3.8, 4) is 0 Å². The maximum atomic E-state index is 13.6. The van der Waals surface area contributed by atoms with Crippen LogP contribution in [-0.2, 0) is 6.42 Å². The van der Waals surface area contributed by atoms with Crippen molar-refractivity contribution in [1.29, 1.82) is 0 Å². The van der Waals surface area contributed by atoms with Gasteiger partial charge in [0.1, 0.15) is 5.82 Å². The molecule has 0 aromatic heterocycles. The first-order valence-electron chi connectivity index (χ1n) is 6.94. The van der Waals surface area contributed by atoms with Crippen LogP contribution in [0.25, 0.3) is 0 Å². The Morgan fingerprint density at radius 1 is 1.45 bits per heavy atom. The minimum Gasteiger partial charge on any atom is -0.356 e. The highest BCUT2D eigenvalue weighted by atomic mass is 35.5. The number of benzene rings is 1. The fraction of sp³-hybridized carbons (Fsp3) is 0.533. The molecule has 1 rings (SSSR count). The first kappa shape index (κ1) is 16.8. The SMILES string of the molecule is CCCCN(C)C(=NC)NCCc1c(F)cccc1Cl. The Morgan fingerprint density at radius 2 is 2.20 bits per heavy atom. The Morgan fingerprint density at radius 3 is 2.80 bits per heavy atom. The molecule has 0 amide bonds. The molecule has 1 aromatic carbocycles. The Hall–Kier alpha value is -1.29. The van der Waals surface area contributed by atoms with E-state index in [9.17, 15) is 4.39 Å². The highest BCUT2D eigenvalue weighted by Gasteiger charge is 2.08. The van der Waals surface area contributed by atoms with Crippen LogP contribution in [0.5, 0.6) is 0 Å². The van der Waals surface area contributed by atoms with Crippen molar-refractivity contribution in [3.63, 3.8) is 0 Å². The van der Waals surface area contributed by atoms with Gasteiger partial charge in [0.25, 0.3) is 0 Å². The fourth-order valence-electron chi connectivity index (χ4n) is 1.96. The zero-order valence-electron chi connectivity index (χ0n) is 12.4. The second-order valence-electron chi connectivity index (χ2n) is 4.70. The van der Waals surface area contributed by atoms with E-state index in [4.69, 9.17) is 11.6 Å². The quantitative estimate of drug-likeness (QED) is 0.644. The zero-order valence-corrected chi connectivity index (χ0v) is 13.2. The first-order valence-corrected chi connectivity index (χ1v) is 7.32. The van der Waals surface area contributed by atoms with Crippen molar-refractivity contribution in [3.05, 3.63) is 34.6 Å². The minimum absolute atomic E-state index is 0.256. The molecular weight excluding hydrogens is 277 g/mol. The van der Waals surface area contributed by atoms with Gasteiger partial charge in [-0.25, -0.2) is 4.39 Å². The topological polar surface area (TPSA) is 27.6 Å². The summed E-state index contributed by atoms with van der Waals surface area (Å²) in [6, 6.07) is 4.76. The van der Waals surface area contributed by atoms with E-state index in [1.165, 1.54) is 6.07 Å². The van der Waals surface area contributed by atoms with Crippen LogP contribution in [-0.4, -0.2) is 38.0 Å². The van der Waals surface area contributed by atoms with Crippen LogP contribution in [0.1, 0.15) is 25.3 Å². The average molecular weight is 300 g/mol. The van der Waals surface area contributed by atoms with Gasteiger partial charge in [-0.1, -0.05) is 31.0 Å². The van der Waals surface area contributed by atoms with Gasteiger partial charge in [0.05, 0.1) is 0 Å². The van der Waals surface area contributed by atoms with Crippen molar-refractivity contribution in [2.24, 2.45) is 4.99 Å². The molecule has 1 N–H and O–H groups in total. The van der Waals surface area contributed by atoms with Crippen molar-refractivity contribution < 1.29 is 4.39 Å². The van der Waals surface area contributed by atoms with E-state index in [0.29, 0.717) is 23.6 Å². The minimum atomic E-state index is -0.256. The summed E-state index contributed by atoms with van der Waals surface area (Å²) in [6.07, 6.45) is 2.80. The van der Waals surface area contributed by atoms with Gasteiger partial charge >= 0.3 is 0 Å². The monoisotopic (exact) mass is 299 g/mol. The number of nitrogens with one attached hydrogen (secondary N) is 1. The third kappa shape index (κ3) is 5.00. The van der Waals surface area contributed by atoms with Crippen LogP contribution in [0.15, 0.2) is 23.2 Å². The van der Waals surface area contributed by atoms with Crippen molar-refractivity contribution in [1.82, 2.24) is 10.2 Å². The van der Waals surface area contributed by atoms with E-state index in [1.807, 2.05) is 7.05 Å². The molecule has 0 saturated heterocycles. The van der Waals surface area contributed by atoms with Crippen LogP contribution in [0.4, 0.5) is 4.39 Å². The van der Waals surface area contributed by atoms with Gasteiger partial charge in [-0.2, -0.15) is 0 Å². The van der Waals surface area contributed by atoms with Crippen LogP contribution in [0, 0.1) is 5.82 Å².